The van der Waals surface area contributed by atoms with Crippen LogP contribution in [0.1, 0.15) is 37.5 Å². The van der Waals surface area contributed by atoms with Crippen molar-refractivity contribution in [2.75, 3.05) is 37.5 Å². The van der Waals surface area contributed by atoms with Crippen LogP contribution in [0.2, 0.25) is 0 Å². The Morgan fingerprint density at radius 3 is 2.44 bits per heavy atom. The molecule has 0 bridgehead atoms. The molecule has 1 heterocycles. The number of carbonyl (C=O) groups is 3. The molecule has 0 spiro atoms. The second-order valence-electron chi connectivity index (χ2n) is 8.39. The number of hydrogen-bond donors (Lipinski definition) is 3. The zero-order chi connectivity index (χ0) is 24.8. The minimum atomic E-state index is -1.05. The monoisotopic (exact) mass is 469 g/mol. The third kappa shape index (κ3) is 5.66. The van der Waals surface area contributed by atoms with E-state index < -0.39 is 17.9 Å². The minimum Gasteiger partial charge on any atom is -0.493 e. The smallest absolute Gasteiger partial charge is 0.313 e. The number of carbonyl (C=O) groups excluding carboxylic acids is 3. The summed E-state index contributed by atoms with van der Waals surface area (Å²) in [4.78, 5) is 39.0. The predicted octanol–water partition coefficient (Wildman–Crippen LogP) is 2.43. The second kappa shape index (κ2) is 11.0. The maximum atomic E-state index is 12.6. The van der Waals surface area contributed by atoms with Gasteiger partial charge in [0.2, 0.25) is 5.91 Å². The van der Waals surface area contributed by atoms with E-state index in [-0.39, 0.29) is 18.4 Å². The SMILES string of the molecule is COc1ccc(C(O)CNC(=O)C(=O)Nc2ccc3c(c2)N(C(=O)C(C)C)CCC3)cc1OC. The molecule has 3 amide bonds. The summed E-state index contributed by atoms with van der Waals surface area (Å²) in [5.74, 6) is -0.913. The van der Waals surface area contributed by atoms with E-state index in [0.717, 1.165) is 24.1 Å². The summed E-state index contributed by atoms with van der Waals surface area (Å²) < 4.78 is 10.4. The first kappa shape index (κ1) is 25.0. The summed E-state index contributed by atoms with van der Waals surface area (Å²) in [6.45, 7) is 4.16. The fourth-order valence-electron chi connectivity index (χ4n) is 3.83. The van der Waals surface area contributed by atoms with Gasteiger partial charge in [0.05, 0.1) is 20.3 Å². The van der Waals surface area contributed by atoms with E-state index in [2.05, 4.69) is 10.6 Å². The fraction of sp³-hybridized carbons (Fsp3) is 0.400. The number of nitrogens with zero attached hydrogens (tertiary/aromatic N) is 1. The first-order valence-electron chi connectivity index (χ1n) is 11.2. The second-order valence-corrected chi connectivity index (χ2v) is 8.39. The van der Waals surface area contributed by atoms with Crippen LogP contribution in [0.15, 0.2) is 36.4 Å². The highest BCUT2D eigenvalue weighted by atomic mass is 16.5. The number of fused-ring (bicyclic) bond motifs is 1. The van der Waals surface area contributed by atoms with Gasteiger partial charge in [0, 0.05) is 30.4 Å². The highest BCUT2D eigenvalue weighted by molar-refractivity contribution is 6.39. The number of aliphatic hydroxyl groups is 1. The third-order valence-electron chi connectivity index (χ3n) is 5.68. The number of ether oxygens (including phenoxy) is 2. The lowest BCUT2D eigenvalue weighted by atomic mass is 9.99. The molecule has 1 atom stereocenters. The van der Waals surface area contributed by atoms with Crippen LogP contribution in [0.3, 0.4) is 0 Å². The molecule has 0 aromatic heterocycles. The van der Waals surface area contributed by atoms with Crippen molar-refractivity contribution >= 4 is 29.1 Å². The van der Waals surface area contributed by atoms with E-state index in [1.807, 2.05) is 19.9 Å². The molecule has 9 nitrogen and oxygen atoms in total. The third-order valence-corrected chi connectivity index (χ3v) is 5.68. The van der Waals surface area contributed by atoms with Gasteiger partial charge < -0.3 is 30.1 Å². The highest BCUT2D eigenvalue weighted by Crippen LogP contribution is 2.31. The normalized spacial score (nSPS) is 13.6. The highest BCUT2D eigenvalue weighted by Gasteiger charge is 2.25. The summed E-state index contributed by atoms with van der Waals surface area (Å²) >= 11 is 0. The van der Waals surface area contributed by atoms with Crippen molar-refractivity contribution in [1.29, 1.82) is 0 Å². The van der Waals surface area contributed by atoms with Gasteiger partial charge in [-0.15, -0.1) is 0 Å². The number of aryl methyl sites for hydroxylation is 1. The van der Waals surface area contributed by atoms with Gasteiger partial charge in [-0.3, -0.25) is 14.4 Å². The first-order valence-corrected chi connectivity index (χ1v) is 11.2. The van der Waals surface area contributed by atoms with Crippen LogP contribution in [0.25, 0.3) is 0 Å². The van der Waals surface area contributed by atoms with Crippen LogP contribution < -0.4 is 25.0 Å². The van der Waals surface area contributed by atoms with Crippen LogP contribution in [0.4, 0.5) is 11.4 Å². The lowest BCUT2D eigenvalue weighted by Crippen LogP contribution is -2.39. The Morgan fingerprint density at radius 2 is 1.76 bits per heavy atom. The van der Waals surface area contributed by atoms with Gasteiger partial charge in [0.15, 0.2) is 11.5 Å². The number of rotatable bonds is 7. The fourth-order valence-corrected chi connectivity index (χ4v) is 3.83. The van der Waals surface area contributed by atoms with Crippen LogP contribution in [0, 0.1) is 5.92 Å². The van der Waals surface area contributed by atoms with Gasteiger partial charge in [0.25, 0.3) is 0 Å². The van der Waals surface area contributed by atoms with E-state index in [1.54, 1.807) is 35.2 Å². The Labute approximate surface area is 199 Å². The van der Waals surface area contributed by atoms with E-state index in [4.69, 9.17) is 9.47 Å². The Kier molecular flexibility index (Phi) is 8.12. The van der Waals surface area contributed by atoms with Crippen molar-refractivity contribution in [2.24, 2.45) is 5.92 Å². The maximum absolute atomic E-state index is 12.6. The van der Waals surface area contributed by atoms with Crippen molar-refractivity contribution in [1.82, 2.24) is 5.32 Å². The molecular weight excluding hydrogens is 438 g/mol. The van der Waals surface area contributed by atoms with Gasteiger partial charge in [-0.05, 0) is 48.2 Å². The molecule has 3 N–H and O–H groups in total. The van der Waals surface area contributed by atoms with Crippen LogP contribution in [-0.4, -0.2) is 50.1 Å². The molecule has 0 fully saturated rings. The van der Waals surface area contributed by atoms with Crippen molar-refractivity contribution in [3.8, 4) is 11.5 Å². The van der Waals surface area contributed by atoms with E-state index in [9.17, 15) is 19.5 Å². The summed E-state index contributed by atoms with van der Waals surface area (Å²) in [5, 5.41) is 15.4. The number of nitrogens with one attached hydrogen (secondary N) is 2. The number of hydrogen-bond acceptors (Lipinski definition) is 6. The number of benzene rings is 2. The molecule has 1 aliphatic heterocycles. The van der Waals surface area contributed by atoms with Crippen LogP contribution in [-0.2, 0) is 20.8 Å². The van der Waals surface area contributed by atoms with E-state index >= 15 is 0 Å². The van der Waals surface area contributed by atoms with Crippen LogP contribution in [0.5, 0.6) is 11.5 Å². The number of amides is 3. The minimum absolute atomic E-state index is 0.0197. The Balaban J connectivity index is 1.62. The van der Waals surface area contributed by atoms with Gasteiger partial charge in [-0.1, -0.05) is 26.0 Å². The van der Waals surface area contributed by atoms with Crippen molar-refractivity contribution in [3.05, 3.63) is 47.5 Å². The lowest BCUT2D eigenvalue weighted by Gasteiger charge is -2.31. The molecule has 0 radical (unpaired) electrons. The average molecular weight is 470 g/mol. The predicted molar refractivity (Wildman–Crippen MR) is 128 cm³/mol. The molecule has 9 heteroatoms. The quantitative estimate of drug-likeness (QED) is 0.536. The zero-order valence-corrected chi connectivity index (χ0v) is 19.9. The zero-order valence-electron chi connectivity index (χ0n) is 19.9. The van der Waals surface area contributed by atoms with Gasteiger partial charge in [-0.2, -0.15) is 0 Å². The molecule has 2 aromatic carbocycles. The average Bonchev–Trinajstić information content (AvgIpc) is 2.85. The molecule has 0 saturated heterocycles. The summed E-state index contributed by atoms with van der Waals surface area (Å²) in [7, 11) is 2.99. The summed E-state index contributed by atoms with van der Waals surface area (Å²) in [6.07, 6.45) is 0.679. The summed E-state index contributed by atoms with van der Waals surface area (Å²) in [5.41, 5.74) is 2.71. The van der Waals surface area contributed by atoms with Gasteiger partial charge in [0.1, 0.15) is 0 Å². The lowest BCUT2D eigenvalue weighted by molar-refractivity contribution is -0.136. The Hall–Kier alpha value is -3.59. The van der Waals surface area contributed by atoms with Crippen molar-refractivity contribution < 1.29 is 29.0 Å². The molecule has 1 aliphatic rings. The molecule has 0 aliphatic carbocycles. The largest absolute Gasteiger partial charge is 0.493 e. The first-order chi connectivity index (χ1) is 16.2. The van der Waals surface area contributed by atoms with E-state index in [1.165, 1.54) is 14.2 Å². The van der Waals surface area contributed by atoms with E-state index in [0.29, 0.717) is 29.3 Å². The molecule has 182 valence electrons. The van der Waals surface area contributed by atoms with Gasteiger partial charge in [-0.25, -0.2) is 0 Å². The molecule has 2 aromatic rings. The maximum Gasteiger partial charge on any atom is 0.313 e. The summed E-state index contributed by atoms with van der Waals surface area (Å²) in [6, 6.07) is 10.2. The molecule has 0 saturated carbocycles. The Morgan fingerprint density at radius 1 is 1.03 bits per heavy atom. The number of methoxy groups -OCH3 is 2. The standard InChI is InChI=1S/C25H31N3O6/c1-15(2)25(32)28-11-5-6-16-7-9-18(13-19(16)28)27-24(31)23(30)26-14-20(29)17-8-10-21(33-3)22(12-17)34-4/h7-10,12-13,15,20,29H,5-6,11,14H2,1-4H3,(H,26,30)(H,27,31). The van der Waals surface area contributed by atoms with Gasteiger partial charge >= 0.3 is 11.8 Å². The molecule has 34 heavy (non-hydrogen) atoms. The number of aliphatic hydroxyl groups excluding tert-OH is 1. The van der Waals surface area contributed by atoms with Crippen LogP contribution >= 0.6 is 0 Å². The molecule has 3 rings (SSSR count). The van der Waals surface area contributed by atoms with Crippen molar-refractivity contribution in [2.45, 2.75) is 32.8 Å². The molecular formula is C25H31N3O6. The number of anilines is 2. The topological polar surface area (TPSA) is 117 Å². The molecule has 1 unspecified atom stereocenters. The Bertz CT molecular complexity index is 1070. The van der Waals surface area contributed by atoms with Crippen molar-refractivity contribution in [3.63, 3.8) is 0 Å².